The second-order valence-electron chi connectivity index (χ2n) is 9.82. The number of rotatable bonds is 4. The average molecular weight is 579 g/mol. The number of hydrogen-bond acceptors (Lipinski definition) is 10. The first-order valence-corrected chi connectivity index (χ1v) is 12.5. The number of benzene rings is 1. The molecule has 1 aromatic carbocycles. The summed E-state index contributed by atoms with van der Waals surface area (Å²) in [6.45, 7) is 1.74. The van der Waals surface area contributed by atoms with E-state index in [1.807, 2.05) is 0 Å². The number of aliphatic hydroxyl groups is 1. The zero-order chi connectivity index (χ0) is 28.6. The van der Waals surface area contributed by atoms with Crippen LogP contribution in [0.4, 0.5) is 24.8 Å². The lowest BCUT2D eigenvalue weighted by atomic mass is 9.93. The van der Waals surface area contributed by atoms with E-state index in [9.17, 15) is 23.1 Å². The summed E-state index contributed by atoms with van der Waals surface area (Å²) >= 11 is 6.04. The lowest BCUT2D eigenvalue weighted by Crippen LogP contribution is -2.52. The Morgan fingerprint density at radius 1 is 1.25 bits per heavy atom. The number of aliphatic hydroxyl groups excluding tert-OH is 1. The Hall–Kier alpha value is -3.88. The van der Waals surface area contributed by atoms with Crippen molar-refractivity contribution in [3.05, 3.63) is 47.4 Å². The van der Waals surface area contributed by atoms with Crippen LogP contribution in [0.25, 0.3) is 21.9 Å². The molecule has 0 amide bonds. The molecule has 11 nitrogen and oxygen atoms in total. The number of carbonyl (C=O) groups excluding carboxylic acids is 1. The molecule has 4 aromatic rings. The van der Waals surface area contributed by atoms with Crippen molar-refractivity contribution in [2.24, 2.45) is 0 Å². The predicted octanol–water partition coefficient (Wildman–Crippen LogP) is 3.45. The van der Waals surface area contributed by atoms with Gasteiger partial charge in [-0.15, -0.1) is 0 Å². The van der Waals surface area contributed by atoms with E-state index in [1.54, 1.807) is 37.4 Å². The number of halogens is 4. The van der Waals surface area contributed by atoms with Crippen LogP contribution in [0.2, 0.25) is 5.02 Å². The summed E-state index contributed by atoms with van der Waals surface area (Å²) in [7, 11) is 0. The molecule has 6 rings (SSSR count). The van der Waals surface area contributed by atoms with Crippen LogP contribution < -0.4 is 16.2 Å². The highest BCUT2D eigenvalue weighted by Gasteiger charge is 2.67. The highest BCUT2D eigenvalue weighted by molar-refractivity contribution is 6.33. The predicted molar refractivity (Wildman–Crippen MR) is 136 cm³/mol. The zero-order valence-electron chi connectivity index (χ0n) is 20.7. The maximum Gasteiger partial charge on any atom is 0.490 e. The molecule has 40 heavy (non-hydrogen) atoms. The van der Waals surface area contributed by atoms with Gasteiger partial charge in [0.1, 0.15) is 47.7 Å². The number of ether oxygens (including phenoxy) is 3. The quantitative estimate of drug-likeness (QED) is 0.306. The van der Waals surface area contributed by atoms with Crippen LogP contribution in [0.15, 0.2) is 36.8 Å². The van der Waals surface area contributed by atoms with Crippen molar-refractivity contribution in [1.82, 2.24) is 19.5 Å². The molecule has 1 aliphatic carbocycles. The van der Waals surface area contributed by atoms with Crippen LogP contribution in [0, 0.1) is 6.92 Å². The Balaban J connectivity index is 1.38. The number of nitrogens with two attached hydrogens (primary N) is 2. The van der Waals surface area contributed by atoms with Crippen molar-refractivity contribution >= 4 is 51.1 Å². The normalized spacial score (nSPS) is 26.4. The fourth-order valence-corrected chi connectivity index (χ4v) is 5.74. The summed E-state index contributed by atoms with van der Waals surface area (Å²) in [4.78, 5) is 24.5. The first-order chi connectivity index (χ1) is 18.9. The smallest absolute Gasteiger partial charge is 0.487 e. The number of pyridine rings is 1. The number of nitrogen functional groups attached to an aromatic ring is 2. The SMILES string of the molecule is Cc1cn([C@@H]2O[C@@H]3[C@@H](Oc4ccc5cc(Cl)c(N)nc5c4)CC[C@]3(OC(=O)C(F)(F)F)[C@H]2O)c2ncnc(N)c12. The van der Waals surface area contributed by atoms with E-state index in [4.69, 9.17) is 37.3 Å². The topological polar surface area (TPSA) is 161 Å². The van der Waals surface area contributed by atoms with Gasteiger partial charge in [-0.25, -0.2) is 19.7 Å². The molecule has 210 valence electrons. The van der Waals surface area contributed by atoms with Gasteiger partial charge in [-0.1, -0.05) is 11.6 Å². The number of hydrogen-bond donors (Lipinski definition) is 3. The minimum atomic E-state index is -5.29. The number of anilines is 2. The second kappa shape index (κ2) is 9.08. The van der Waals surface area contributed by atoms with Crippen LogP contribution in [0.3, 0.4) is 0 Å². The van der Waals surface area contributed by atoms with Gasteiger partial charge in [-0.05, 0) is 43.5 Å². The Morgan fingerprint density at radius 2 is 2.02 bits per heavy atom. The largest absolute Gasteiger partial charge is 0.490 e. The minimum absolute atomic E-state index is 0.119. The molecule has 2 fully saturated rings. The summed E-state index contributed by atoms with van der Waals surface area (Å²) in [5.74, 6) is -1.83. The lowest BCUT2D eigenvalue weighted by Gasteiger charge is -2.32. The number of carbonyl (C=O) groups is 1. The van der Waals surface area contributed by atoms with Crippen LogP contribution in [0.1, 0.15) is 24.6 Å². The Bertz CT molecular complexity index is 1670. The van der Waals surface area contributed by atoms with E-state index < -0.39 is 42.3 Å². The molecular weight excluding hydrogens is 557 g/mol. The van der Waals surface area contributed by atoms with Gasteiger partial charge in [-0.2, -0.15) is 13.2 Å². The minimum Gasteiger partial charge on any atom is -0.487 e. The monoisotopic (exact) mass is 578 g/mol. The Labute approximate surface area is 228 Å². The molecule has 5 N–H and O–H groups in total. The Kier molecular flexibility index (Phi) is 5.98. The second-order valence-corrected chi connectivity index (χ2v) is 10.2. The number of aromatic nitrogens is 4. The van der Waals surface area contributed by atoms with Gasteiger partial charge in [0.05, 0.1) is 15.9 Å². The van der Waals surface area contributed by atoms with Crippen molar-refractivity contribution in [2.45, 2.75) is 56.1 Å². The van der Waals surface area contributed by atoms with Gasteiger partial charge < -0.3 is 35.4 Å². The molecule has 1 saturated heterocycles. The standard InChI is InChI=1S/C25H22ClF3N6O5/c1-10-8-35(21-16(10)20(31)32-9-33-21)22-17(36)24(40-23(37)25(27,28)29)5-4-15(18(24)39-22)38-12-3-2-11-6-13(26)19(30)34-14(11)7-12/h2-3,6-9,15,17-18,22,36H,4-5H2,1H3,(H2,30,34)(H2,31,32,33)/t15-,17-,18+,22+,24-/m0/s1. The molecule has 0 radical (unpaired) electrons. The molecule has 3 aromatic heterocycles. The van der Waals surface area contributed by atoms with Crippen LogP contribution >= 0.6 is 11.6 Å². The van der Waals surface area contributed by atoms with E-state index in [-0.39, 0.29) is 29.5 Å². The third-order valence-electron chi connectivity index (χ3n) is 7.37. The van der Waals surface area contributed by atoms with Gasteiger partial charge in [0.15, 0.2) is 11.8 Å². The number of esters is 1. The molecule has 15 heteroatoms. The van der Waals surface area contributed by atoms with Gasteiger partial charge in [0, 0.05) is 17.6 Å². The van der Waals surface area contributed by atoms with E-state index in [2.05, 4.69) is 15.0 Å². The summed E-state index contributed by atoms with van der Waals surface area (Å²) in [6.07, 6.45) is -7.68. The first-order valence-electron chi connectivity index (χ1n) is 12.1. The third-order valence-corrected chi connectivity index (χ3v) is 7.67. The average Bonchev–Trinajstić information content (AvgIpc) is 3.49. The summed E-state index contributed by atoms with van der Waals surface area (Å²) < 4.78 is 58.7. The molecule has 2 aliphatic rings. The lowest BCUT2D eigenvalue weighted by molar-refractivity contribution is -0.223. The van der Waals surface area contributed by atoms with E-state index in [1.165, 1.54) is 10.9 Å². The maximum absolute atomic E-state index is 13.3. The van der Waals surface area contributed by atoms with Crippen molar-refractivity contribution in [3.63, 3.8) is 0 Å². The fourth-order valence-electron chi connectivity index (χ4n) is 5.58. The molecule has 0 unspecified atom stereocenters. The molecule has 4 heterocycles. The van der Waals surface area contributed by atoms with Gasteiger partial charge in [-0.3, -0.25) is 0 Å². The summed E-state index contributed by atoms with van der Waals surface area (Å²) in [5, 5.41) is 12.9. The van der Waals surface area contributed by atoms with E-state index in [0.29, 0.717) is 33.2 Å². The first kappa shape index (κ1) is 26.3. The van der Waals surface area contributed by atoms with Crippen molar-refractivity contribution in [1.29, 1.82) is 0 Å². The summed E-state index contributed by atoms with van der Waals surface area (Å²) in [5.41, 5.74) is 11.2. The highest BCUT2D eigenvalue weighted by atomic mass is 35.5. The van der Waals surface area contributed by atoms with Gasteiger partial charge in [0.2, 0.25) is 0 Å². The molecule has 1 saturated carbocycles. The van der Waals surface area contributed by atoms with E-state index >= 15 is 0 Å². The van der Waals surface area contributed by atoms with Crippen LogP contribution in [-0.2, 0) is 14.3 Å². The number of aryl methyl sites for hydroxylation is 1. The van der Waals surface area contributed by atoms with E-state index in [0.717, 1.165) is 0 Å². The molecule has 0 spiro atoms. The van der Waals surface area contributed by atoms with Crippen LogP contribution in [-0.4, -0.2) is 60.7 Å². The van der Waals surface area contributed by atoms with Crippen molar-refractivity contribution < 1.29 is 37.3 Å². The number of alkyl halides is 3. The van der Waals surface area contributed by atoms with Crippen LogP contribution in [0.5, 0.6) is 5.75 Å². The maximum atomic E-state index is 13.3. The molecule has 1 aliphatic heterocycles. The van der Waals surface area contributed by atoms with Gasteiger partial charge >= 0.3 is 12.1 Å². The fraction of sp³-hybridized carbons (Fsp3) is 0.360. The third kappa shape index (κ3) is 4.05. The van der Waals surface area contributed by atoms with Crippen molar-refractivity contribution in [2.75, 3.05) is 11.5 Å². The van der Waals surface area contributed by atoms with Crippen molar-refractivity contribution in [3.8, 4) is 5.75 Å². The zero-order valence-corrected chi connectivity index (χ0v) is 21.5. The van der Waals surface area contributed by atoms with Gasteiger partial charge in [0.25, 0.3) is 0 Å². The summed E-state index contributed by atoms with van der Waals surface area (Å²) in [6, 6.07) is 6.56. The number of fused-ring (bicyclic) bond motifs is 3. The number of nitrogens with zero attached hydrogens (tertiary/aromatic N) is 4. The molecule has 0 bridgehead atoms. The highest BCUT2D eigenvalue weighted by Crippen LogP contribution is 2.51. The molecule has 5 atom stereocenters. The Morgan fingerprint density at radius 3 is 2.77 bits per heavy atom. The molecular formula is C25H22ClF3N6O5.